The first kappa shape index (κ1) is 17.7. The zero-order chi connectivity index (χ0) is 16.5. The zero-order valence-corrected chi connectivity index (χ0v) is 13.5. The number of carbonyl (C=O) groups is 2. The molecule has 1 saturated heterocycles. The summed E-state index contributed by atoms with van der Waals surface area (Å²) in [4.78, 5) is 43.0. The van der Waals surface area contributed by atoms with Crippen LogP contribution in [-0.4, -0.2) is 23.6 Å². The van der Waals surface area contributed by atoms with Crippen molar-refractivity contribution < 1.29 is 29.1 Å². The molecule has 6 nitrogen and oxygen atoms in total. The van der Waals surface area contributed by atoms with E-state index in [0.717, 1.165) is 0 Å². The van der Waals surface area contributed by atoms with E-state index in [1.807, 2.05) is 20.8 Å². The van der Waals surface area contributed by atoms with E-state index in [1.165, 1.54) is 6.92 Å². The number of hydrogen-bond acceptors (Lipinski definition) is 6. The number of carbonyl (C=O) groups excluding carboxylic acids is 2. The normalized spacial score (nSPS) is 28.0. The van der Waals surface area contributed by atoms with Gasteiger partial charge in [0.05, 0.1) is 5.41 Å². The minimum Gasteiger partial charge on any atom is -0.247 e. The molecule has 120 valence electrons. The molecule has 0 aromatic carbocycles. The molecule has 0 aliphatic carbocycles. The second-order valence-corrected chi connectivity index (χ2v) is 6.28. The van der Waals surface area contributed by atoms with Gasteiger partial charge in [-0.15, -0.1) is 6.58 Å². The average molecular weight is 300 g/mol. The summed E-state index contributed by atoms with van der Waals surface area (Å²) in [6.07, 6.45) is 1.73. The van der Waals surface area contributed by atoms with E-state index in [-0.39, 0.29) is 0 Å². The zero-order valence-electron chi connectivity index (χ0n) is 13.5. The molecule has 1 aliphatic heterocycles. The van der Waals surface area contributed by atoms with E-state index in [0.29, 0.717) is 6.42 Å². The first-order valence-corrected chi connectivity index (χ1v) is 6.96. The van der Waals surface area contributed by atoms with Crippen LogP contribution in [0.1, 0.15) is 48.0 Å². The Hall–Kier alpha value is -1.40. The molecule has 21 heavy (non-hydrogen) atoms. The summed E-state index contributed by atoms with van der Waals surface area (Å²) in [5, 5.41) is 0. The second-order valence-electron chi connectivity index (χ2n) is 6.28. The van der Waals surface area contributed by atoms with Gasteiger partial charge < -0.3 is 0 Å². The molecule has 1 rings (SSSR count). The molecule has 0 bridgehead atoms. The van der Waals surface area contributed by atoms with E-state index < -0.39 is 34.5 Å². The summed E-state index contributed by atoms with van der Waals surface area (Å²) in [5.41, 5.74) is -2.63. The second kappa shape index (κ2) is 5.77. The first-order chi connectivity index (χ1) is 9.55. The first-order valence-electron chi connectivity index (χ1n) is 6.96. The lowest BCUT2D eigenvalue weighted by Crippen LogP contribution is -2.59. The summed E-state index contributed by atoms with van der Waals surface area (Å²) in [5.74, 6) is -1.43. The van der Waals surface area contributed by atoms with Crippen molar-refractivity contribution in [3.05, 3.63) is 12.7 Å². The van der Waals surface area contributed by atoms with Crippen LogP contribution < -0.4 is 0 Å². The molecule has 0 saturated carbocycles. The Kier molecular flexibility index (Phi) is 4.85. The van der Waals surface area contributed by atoms with Gasteiger partial charge in [-0.25, -0.2) is 29.1 Å². The third kappa shape index (κ3) is 2.82. The minimum absolute atomic E-state index is 0.467. The highest BCUT2D eigenvalue weighted by atomic mass is 17.3. The maximum Gasteiger partial charge on any atom is 0.392 e. The van der Waals surface area contributed by atoms with Gasteiger partial charge in [0.15, 0.2) is 0 Å². The quantitative estimate of drug-likeness (QED) is 0.441. The Labute approximate surface area is 125 Å². The van der Waals surface area contributed by atoms with Gasteiger partial charge >= 0.3 is 11.9 Å². The van der Waals surface area contributed by atoms with E-state index in [9.17, 15) is 9.59 Å². The highest BCUT2D eigenvalue weighted by Crippen LogP contribution is 2.43. The largest absolute Gasteiger partial charge is 0.392 e. The Morgan fingerprint density at radius 3 is 2.24 bits per heavy atom. The van der Waals surface area contributed by atoms with Crippen LogP contribution >= 0.6 is 0 Å². The number of hydrogen-bond donors (Lipinski definition) is 0. The molecule has 6 heteroatoms. The highest BCUT2D eigenvalue weighted by Gasteiger charge is 2.54. The lowest BCUT2D eigenvalue weighted by molar-refractivity contribution is -0.492. The van der Waals surface area contributed by atoms with E-state index >= 15 is 0 Å². The molecule has 0 N–H and O–H groups in total. The van der Waals surface area contributed by atoms with Gasteiger partial charge in [-0.1, -0.05) is 26.8 Å². The summed E-state index contributed by atoms with van der Waals surface area (Å²) in [7, 11) is 0. The fourth-order valence-corrected chi connectivity index (χ4v) is 1.83. The summed E-state index contributed by atoms with van der Waals surface area (Å²) >= 11 is 0. The van der Waals surface area contributed by atoms with Crippen LogP contribution in [0, 0.1) is 10.8 Å². The van der Waals surface area contributed by atoms with Crippen molar-refractivity contribution in [2.75, 3.05) is 0 Å². The van der Waals surface area contributed by atoms with Gasteiger partial charge in [0, 0.05) is 0 Å². The molecule has 0 aromatic heterocycles. The lowest BCUT2D eigenvalue weighted by Gasteiger charge is -2.40. The Balaban J connectivity index is 2.72. The molecule has 0 amide bonds. The standard InChI is InChI=1S/C15H24O6/c1-8-13(4,5)14(6,9-2)11(16)19-20-12(17)15(7)10(3)18-21-15/h8,10H,1,9H2,2-7H3. The SMILES string of the molecule is C=CC(C)(C)C(C)(CC)C(=O)OOC(=O)C1(C)OOC1C. The van der Waals surface area contributed by atoms with Crippen LogP contribution in [0.25, 0.3) is 0 Å². The van der Waals surface area contributed by atoms with Gasteiger partial charge in [0.1, 0.15) is 6.10 Å². The summed E-state index contributed by atoms with van der Waals surface area (Å²) < 4.78 is 0. The predicted octanol–water partition coefficient (Wildman–Crippen LogP) is 2.73. The fourth-order valence-electron chi connectivity index (χ4n) is 1.83. The van der Waals surface area contributed by atoms with Crippen molar-refractivity contribution in [3.8, 4) is 0 Å². The average Bonchev–Trinajstić information content (AvgIpc) is 2.48. The Bertz CT molecular complexity index is 443. The van der Waals surface area contributed by atoms with Gasteiger partial charge in [0.2, 0.25) is 5.60 Å². The molecule has 1 fully saturated rings. The summed E-state index contributed by atoms with van der Waals surface area (Å²) in [6.45, 7) is 14.3. The van der Waals surface area contributed by atoms with Crippen molar-refractivity contribution >= 4 is 11.9 Å². The van der Waals surface area contributed by atoms with E-state index in [2.05, 4.69) is 16.4 Å². The van der Waals surface area contributed by atoms with Crippen molar-refractivity contribution in [2.45, 2.75) is 59.7 Å². The maximum absolute atomic E-state index is 12.3. The van der Waals surface area contributed by atoms with Gasteiger partial charge in [-0.3, -0.25) is 0 Å². The summed E-state index contributed by atoms with van der Waals surface area (Å²) in [6, 6.07) is 0. The van der Waals surface area contributed by atoms with Crippen LogP contribution in [0.2, 0.25) is 0 Å². The Morgan fingerprint density at radius 2 is 1.90 bits per heavy atom. The molecule has 0 radical (unpaired) electrons. The van der Waals surface area contributed by atoms with E-state index in [1.54, 1.807) is 19.9 Å². The van der Waals surface area contributed by atoms with Gasteiger partial charge in [-0.2, -0.15) is 0 Å². The van der Waals surface area contributed by atoms with Crippen molar-refractivity contribution in [1.82, 2.24) is 0 Å². The van der Waals surface area contributed by atoms with Crippen molar-refractivity contribution in [2.24, 2.45) is 10.8 Å². The van der Waals surface area contributed by atoms with Crippen LogP contribution in [-0.2, 0) is 29.1 Å². The smallest absolute Gasteiger partial charge is 0.247 e. The number of allylic oxidation sites excluding steroid dienone is 1. The highest BCUT2D eigenvalue weighted by molar-refractivity contribution is 5.82. The third-order valence-electron chi connectivity index (χ3n) is 4.83. The number of rotatable bonds is 5. The topological polar surface area (TPSA) is 71.1 Å². The molecule has 1 aliphatic rings. The van der Waals surface area contributed by atoms with Crippen LogP contribution in [0.3, 0.4) is 0 Å². The Morgan fingerprint density at radius 1 is 1.33 bits per heavy atom. The van der Waals surface area contributed by atoms with E-state index in [4.69, 9.17) is 9.78 Å². The minimum atomic E-state index is -1.25. The lowest BCUT2D eigenvalue weighted by atomic mass is 9.65. The van der Waals surface area contributed by atoms with Crippen molar-refractivity contribution in [3.63, 3.8) is 0 Å². The molecular weight excluding hydrogens is 276 g/mol. The van der Waals surface area contributed by atoms with Crippen molar-refractivity contribution in [1.29, 1.82) is 0 Å². The molecule has 3 atom stereocenters. The molecule has 0 spiro atoms. The molecule has 3 unspecified atom stereocenters. The molecule has 0 aromatic rings. The maximum atomic E-state index is 12.3. The fraction of sp³-hybridized carbons (Fsp3) is 0.733. The molecular formula is C15H24O6. The predicted molar refractivity (Wildman–Crippen MR) is 74.6 cm³/mol. The van der Waals surface area contributed by atoms with Crippen LogP contribution in [0.4, 0.5) is 0 Å². The van der Waals surface area contributed by atoms with Crippen LogP contribution in [0.15, 0.2) is 12.7 Å². The van der Waals surface area contributed by atoms with Gasteiger partial charge in [0.25, 0.3) is 0 Å². The molecule has 1 heterocycles. The van der Waals surface area contributed by atoms with Gasteiger partial charge in [-0.05, 0) is 32.6 Å². The van der Waals surface area contributed by atoms with Crippen LogP contribution in [0.5, 0.6) is 0 Å². The monoisotopic (exact) mass is 300 g/mol. The third-order valence-corrected chi connectivity index (χ3v) is 4.83.